The zero-order valence-electron chi connectivity index (χ0n) is 10.3. The molecular weight excluding hydrogens is 230 g/mol. The van der Waals surface area contributed by atoms with Gasteiger partial charge >= 0.3 is 0 Å². The zero-order valence-corrected chi connectivity index (χ0v) is 10.3. The van der Waals surface area contributed by atoms with Gasteiger partial charge in [-0.25, -0.2) is 0 Å². The van der Waals surface area contributed by atoms with Crippen molar-refractivity contribution in [3.05, 3.63) is 30.2 Å². The molecule has 0 saturated heterocycles. The number of phenols is 1. The number of nitrogens with two attached hydrogens (primary N) is 1. The fourth-order valence-electron chi connectivity index (χ4n) is 1.66. The lowest BCUT2D eigenvalue weighted by atomic mass is 10.1. The maximum absolute atomic E-state index is 9.21. The molecule has 1 atom stereocenters. The Bertz CT molecular complexity index is 493. The summed E-state index contributed by atoms with van der Waals surface area (Å²) in [6.45, 7) is 2.11. The molecule has 0 radical (unpaired) electrons. The second kappa shape index (κ2) is 5.64. The van der Waals surface area contributed by atoms with Crippen LogP contribution in [0.2, 0.25) is 0 Å². The maximum atomic E-state index is 9.21. The lowest BCUT2D eigenvalue weighted by Gasteiger charge is -2.03. The molecule has 1 unspecified atom stereocenters. The molecule has 2 rings (SSSR count). The highest BCUT2D eigenvalue weighted by Gasteiger charge is 2.15. The highest BCUT2D eigenvalue weighted by molar-refractivity contribution is 5.55. The van der Waals surface area contributed by atoms with Crippen molar-refractivity contribution in [1.29, 1.82) is 0 Å². The van der Waals surface area contributed by atoms with Gasteiger partial charge in [-0.15, -0.1) is 0 Å². The van der Waals surface area contributed by atoms with E-state index in [1.54, 1.807) is 24.3 Å². The molecule has 1 heterocycles. The number of nitrogens with zero attached hydrogens (tertiary/aromatic N) is 2. The third-order valence-electron chi connectivity index (χ3n) is 2.75. The van der Waals surface area contributed by atoms with Crippen molar-refractivity contribution in [2.75, 3.05) is 0 Å². The van der Waals surface area contributed by atoms with Crippen LogP contribution in [0.3, 0.4) is 0 Å². The minimum atomic E-state index is -0.205. The lowest BCUT2D eigenvalue weighted by Crippen LogP contribution is -2.10. The van der Waals surface area contributed by atoms with Crippen LogP contribution in [0.15, 0.2) is 28.8 Å². The van der Waals surface area contributed by atoms with Gasteiger partial charge in [-0.2, -0.15) is 4.98 Å². The highest BCUT2D eigenvalue weighted by atomic mass is 16.5. The second-order valence-corrected chi connectivity index (χ2v) is 4.25. The molecular formula is C13H17N3O2. The monoisotopic (exact) mass is 247 g/mol. The SMILES string of the molecule is CCCCC(N)c1nc(-c2ccc(O)cc2)no1. The zero-order chi connectivity index (χ0) is 13.0. The first kappa shape index (κ1) is 12.6. The Labute approximate surface area is 106 Å². The van der Waals surface area contributed by atoms with Crippen molar-refractivity contribution in [3.8, 4) is 17.1 Å². The maximum Gasteiger partial charge on any atom is 0.243 e. The summed E-state index contributed by atoms with van der Waals surface area (Å²) >= 11 is 0. The number of unbranched alkanes of at least 4 members (excludes halogenated alkanes) is 1. The Kier molecular flexibility index (Phi) is 3.94. The van der Waals surface area contributed by atoms with E-state index in [0.717, 1.165) is 24.8 Å². The van der Waals surface area contributed by atoms with E-state index in [2.05, 4.69) is 17.1 Å². The fourth-order valence-corrected chi connectivity index (χ4v) is 1.66. The average molecular weight is 247 g/mol. The van der Waals surface area contributed by atoms with E-state index in [1.165, 1.54) is 0 Å². The molecule has 1 aromatic carbocycles. The minimum absolute atomic E-state index is 0.205. The van der Waals surface area contributed by atoms with Crippen molar-refractivity contribution in [3.63, 3.8) is 0 Å². The Balaban J connectivity index is 2.12. The molecule has 96 valence electrons. The quantitative estimate of drug-likeness (QED) is 0.848. The fraction of sp³-hybridized carbons (Fsp3) is 0.385. The molecule has 0 saturated carbocycles. The van der Waals surface area contributed by atoms with Crippen molar-refractivity contribution in [2.24, 2.45) is 5.73 Å². The van der Waals surface area contributed by atoms with Gasteiger partial charge in [0, 0.05) is 5.56 Å². The molecule has 0 spiro atoms. The molecule has 0 fully saturated rings. The lowest BCUT2D eigenvalue weighted by molar-refractivity contribution is 0.346. The first-order valence-corrected chi connectivity index (χ1v) is 6.09. The summed E-state index contributed by atoms with van der Waals surface area (Å²) in [5.41, 5.74) is 6.76. The Hall–Kier alpha value is -1.88. The van der Waals surface area contributed by atoms with Gasteiger partial charge in [0.2, 0.25) is 11.7 Å². The van der Waals surface area contributed by atoms with Gasteiger partial charge in [0.05, 0.1) is 6.04 Å². The van der Waals surface area contributed by atoms with Crippen molar-refractivity contribution < 1.29 is 9.63 Å². The normalized spacial score (nSPS) is 12.6. The summed E-state index contributed by atoms with van der Waals surface area (Å²) in [4.78, 5) is 4.28. The largest absolute Gasteiger partial charge is 0.508 e. The number of aromatic nitrogens is 2. The van der Waals surface area contributed by atoms with E-state index in [9.17, 15) is 5.11 Å². The van der Waals surface area contributed by atoms with Crippen LogP contribution in [0, 0.1) is 0 Å². The van der Waals surface area contributed by atoms with Crippen LogP contribution in [0.4, 0.5) is 0 Å². The van der Waals surface area contributed by atoms with E-state index in [4.69, 9.17) is 10.3 Å². The molecule has 18 heavy (non-hydrogen) atoms. The highest BCUT2D eigenvalue weighted by Crippen LogP contribution is 2.21. The van der Waals surface area contributed by atoms with Gasteiger partial charge in [0.25, 0.3) is 0 Å². The molecule has 3 N–H and O–H groups in total. The number of hydrogen-bond donors (Lipinski definition) is 2. The van der Waals surface area contributed by atoms with E-state index >= 15 is 0 Å². The van der Waals surface area contributed by atoms with E-state index < -0.39 is 0 Å². The molecule has 0 aliphatic rings. The van der Waals surface area contributed by atoms with Gasteiger partial charge in [0.15, 0.2) is 0 Å². The summed E-state index contributed by atoms with van der Waals surface area (Å²) in [6, 6.07) is 6.44. The molecule has 0 amide bonds. The summed E-state index contributed by atoms with van der Waals surface area (Å²) < 4.78 is 5.16. The van der Waals surface area contributed by atoms with Crippen LogP contribution in [-0.2, 0) is 0 Å². The van der Waals surface area contributed by atoms with Crippen molar-refractivity contribution in [2.45, 2.75) is 32.2 Å². The summed E-state index contributed by atoms with van der Waals surface area (Å²) in [5, 5.41) is 13.1. The smallest absolute Gasteiger partial charge is 0.243 e. The first-order chi connectivity index (χ1) is 8.70. The van der Waals surface area contributed by atoms with Crippen LogP contribution in [0.25, 0.3) is 11.4 Å². The van der Waals surface area contributed by atoms with Crippen LogP contribution in [0.5, 0.6) is 5.75 Å². The molecule has 0 aliphatic carbocycles. The number of aromatic hydroxyl groups is 1. The third kappa shape index (κ3) is 2.87. The molecule has 2 aromatic rings. The minimum Gasteiger partial charge on any atom is -0.508 e. The average Bonchev–Trinajstić information content (AvgIpc) is 2.86. The summed E-state index contributed by atoms with van der Waals surface area (Å²) in [6.07, 6.45) is 2.97. The molecule has 5 nitrogen and oxygen atoms in total. The Morgan fingerprint density at radius 1 is 1.33 bits per heavy atom. The van der Waals surface area contributed by atoms with Gasteiger partial charge in [-0.1, -0.05) is 24.9 Å². The van der Waals surface area contributed by atoms with Gasteiger partial charge in [0.1, 0.15) is 5.75 Å². The van der Waals surface area contributed by atoms with Gasteiger partial charge in [-0.3, -0.25) is 0 Å². The van der Waals surface area contributed by atoms with E-state index in [0.29, 0.717) is 11.7 Å². The Morgan fingerprint density at radius 2 is 2.06 bits per heavy atom. The van der Waals surface area contributed by atoms with Crippen LogP contribution in [0.1, 0.15) is 38.1 Å². The van der Waals surface area contributed by atoms with E-state index in [-0.39, 0.29) is 11.8 Å². The van der Waals surface area contributed by atoms with Crippen LogP contribution >= 0.6 is 0 Å². The van der Waals surface area contributed by atoms with Crippen molar-refractivity contribution >= 4 is 0 Å². The number of phenolic OH excluding ortho intramolecular Hbond substituents is 1. The Morgan fingerprint density at radius 3 is 2.72 bits per heavy atom. The molecule has 0 bridgehead atoms. The predicted octanol–water partition coefficient (Wildman–Crippen LogP) is 2.63. The van der Waals surface area contributed by atoms with Crippen molar-refractivity contribution in [1.82, 2.24) is 10.1 Å². The topological polar surface area (TPSA) is 85.2 Å². The van der Waals surface area contributed by atoms with Gasteiger partial charge < -0.3 is 15.4 Å². The molecule has 5 heteroatoms. The standard InChI is InChI=1S/C13H17N3O2/c1-2-3-4-11(14)13-15-12(16-18-13)9-5-7-10(17)8-6-9/h5-8,11,17H,2-4,14H2,1H3. The first-order valence-electron chi connectivity index (χ1n) is 6.09. The number of benzene rings is 1. The molecule has 0 aliphatic heterocycles. The van der Waals surface area contributed by atoms with Crippen LogP contribution < -0.4 is 5.73 Å². The summed E-state index contributed by atoms with van der Waals surface area (Å²) in [5.74, 6) is 1.17. The number of hydrogen-bond acceptors (Lipinski definition) is 5. The number of rotatable bonds is 5. The van der Waals surface area contributed by atoms with Gasteiger partial charge in [-0.05, 0) is 30.7 Å². The van der Waals surface area contributed by atoms with E-state index in [1.807, 2.05) is 0 Å². The van der Waals surface area contributed by atoms with Crippen LogP contribution in [-0.4, -0.2) is 15.2 Å². The molecule has 1 aromatic heterocycles. The second-order valence-electron chi connectivity index (χ2n) is 4.25. The predicted molar refractivity (Wildman–Crippen MR) is 67.9 cm³/mol. The third-order valence-corrected chi connectivity index (χ3v) is 2.75. The summed E-state index contributed by atoms with van der Waals surface area (Å²) in [7, 11) is 0.